The maximum absolute atomic E-state index is 2.53. The average molecular weight is 792 g/mol. The number of benzene rings is 10. The molecule has 0 atom stereocenters. The minimum absolute atomic E-state index is 0.424. The van der Waals surface area contributed by atoms with Crippen LogP contribution in [0.3, 0.4) is 0 Å². The van der Waals surface area contributed by atoms with Crippen LogP contribution in [0, 0.1) is 0 Å². The van der Waals surface area contributed by atoms with Gasteiger partial charge in [0.15, 0.2) is 0 Å². The van der Waals surface area contributed by atoms with Crippen LogP contribution in [-0.2, 0) is 5.41 Å². The largest absolute Gasteiger partial charge is 0.308 e. The van der Waals surface area contributed by atoms with Gasteiger partial charge in [-0.25, -0.2) is 0 Å². The maximum atomic E-state index is 2.53. The smallest absolute Gasteiger partial charge is 0.0726 e. The second-order valence-corrected chi connectivity index (χ2v) is 17.4. The molecule has 1 nitrogen and oxygen atoms in total. The Morgan fingerprint density at radius 1 is 0.328 bits per heavy atom. The van der Waals surface area contributed by atoms with Crippen LogP contribution in [-0.4, -0.2) is 0 Å². The van der Waals surface area contributed by atoms with E-state index in [1.165, 1.54) is 109 Å². The summed E-state index contributed by atoms with van der Waals surface area (Å²) in [6.45, 7) is 0. The number of fused-ring (bicyclic) bond motifs is 14. The fourth-order valence-corrected chi connectivity index (χ4v) is 12.0. The van der Waals surface area contributed by atoms with E-state index in [0.29, 0.717) is 0 Å². The van der Waals surface area contributed by atoms with Crippen molar-refractivity contribution >= 4 is 59.3 Å². The fourth-order valence-electron chi connectivity index (χ4n) is 10.7. The predicted molar refractivity (Wildman–Crippen MR) is 259 cm³/mol. The first kappa shape index (κ1) is 34.4. The number of hydrogen-bond donors (Lipinski definition) is 0. The molecule has 1 aromatic heterocycles. The molecular formula is C59H37NS. The fraction of sp³-hybridized carbons (Fsp3) is 0.0169. The molecule has 0 fully saturated rings. The van der Waals surface area contributed by atoms with Crippen molar-refractivity contribution in [2.75, 3.05) is 4.90 Å². The number of anilines is 3. The molecule has 2 aliphatic carbocycles. The maximum Gasteiger partial charge on any atom is 0.0726 e. The van der Waals surface area contributed by atoms with E-state index < -0.39 is 5.41 Å². The molecule has 0 radical (unpaired) electrons. The Morgan fingerprint density at radius 2 is 0.820 bits per heavy atom. The molecule has 0 saturated carbocycles. The van der Waals surface area contributed by atoms with E-state index in [2.05, 4.69) is 229 Å². The zero-order chi connectivity index (χ0) is 40.1. The lowest BCUT2D eigenvalue weighted by atomic mass is 9.70. The Balaban J connectivity index is 1.01. The molecule has 0 aliphatic heterocycles. The van der Waals surface area contributed by atoms with E-state index in [4.69, 9.17) is 0 Å². The van der Waals surface area contributed by atoms with Crippen LogP contribution in [0.2, 0.25) is 0 Å². The van der Waals surface area contributed by atoms with Crippen molar-refractivity contribution < 1.29 is 0 Å². The molecule has 13 rings (SSSR count). The minimum atomic E-state index is -0.424. The summed E-state index contributed by atoms with van der Waals surface area (Å²) in [4.78, 5) is 2.53. The zero-order valence-corrected chi connectivity index (χ0v) is 34.0. The van der Waals surface area contributed by atoms with Gasteiger partial charge in [0.2, 0.25) is 0 Å². The van der Waals surface area contributed by atoms with Gasteiger partial charge in [-0.3, -0.25) is 0 Å². The average Bonchev–Trinajstić information content (AvgIpc) is 3.97. The first-order valence-corrected chi connectivity index (χ1v) is 21.9. The van der Waals surface area contributed by atoms with Gasteiger partial charge in [-0.2, -0.15) is 0 Å². The van der Waals surface area contributed by atoms with Gasteiger partial charge >= 0.3 is 0 Å². The summed E-state index contributed by atoms with van der Waals surface area (Å²) in [6, 6.07) is 83.4. The molecule has 2 heteroatoms. The van der Waals surface area contributed by atoms with E-state index in [9.17, 15) is 0 Å². The molecule has 0 amide bonds. The summed E-state index contributed by atoms with van der Waals surface area (Å²) in [5, 5.41) is 5.12. The Hall–Kier alpha value is -7.52. The van der Waals surface area contributed by atoms with Crippen molar-refractivity contribution in [3.05, 3.63) is 247 Å². The lowest BCUT2D eigenvalue weighted by Gasteiger charge is -2.32. The lowest BCUT2D eigenvalue weighted by Crippen LogP contribution is -2.26. The van der Waals surface area contributed by atoms with Crippen molar-refractivity contribution in [3.63, 3.8) is 0 Å². The first-order valence-electron chi connectivity index (χ1n) is 21.1. The highest BCUT2D eigenvalue weighted by Crippen LogP contribution is 2.65. The van der Waals surface area contributed by atoms with Gasteiger partial charge in [0.1, 0.15) is 0 Å². The van der Waals surface area contributed by atoms with E-state index in [1.54, 1.807) is 0 Å². The van der Waals surface area contributed by atoms with Gasteiger partial charge in [0.05, 0.1) is 21.5 Å². The number of rotatable bonds is 5. The van der Waals surface area contributed by atoms with Crippen molar-refractivity contribution in [1.29, 1.82) is 0 Å². The van der Waals surface area contributed by atoms with E-state index in [-0.39, 0.29) is 0 Å². The zero-order valence-electron chi connectivity index (χ0n) is 33.2. The molecule has 11 aromatic rings. The standard InChI is InChI=1S/C59H37NS/c1-2-16-43-40(14-1)15-11-21-44(43)41-32-30-38(31-33-41)39-34-36-42(37-35-39)60(55-28-12-22-48-47-19-6-10-29-56(47)61-58(48)55)54-27-13-26-53-57(54)49-20-5-9-25-52(49)59(53)50-23-7-3-17-45(50)46-18-4-8-24-51(46)59/h1-37H. The molecule has 61 heavy (non-hydrogen) atoms. The molecule has 0 bridgehead atoms. The second-order valence-electron chi connectivity index (χ2n) is 16.3. The molecule has 0 N–H and O–H groups in total. The van der Waals surface area contributed by atoms with Crippen LogP contribution in [0.4, 0.5) is 17.1 Å². The van der Waals surface area contributed by atoms with E-state index in [1.807, 2.05) is 11.3 Å². The quantitative estimate of drug-likeness (QED) is 0.168. The van der Waals surface area contributed by atoms with Crippen LogP contribution >= 0.6 is 11.3 Å². The second kappa shape index (κ2) is 13.2. The van der Waals surface area contributed by atoms with Gasteiger partial charge in [-0.15, -0.1) is 11.3 Å². The van der Waals surface area contributed by atoms with Crippen LogP contribution in [0.1, 0.15) is 22.3 Å². The van der Waals surface area contributed by atoms with Crippen molar-refractivity contribution in [2.24, 2.45) is 0 Å². The monoisotopic (exact) mass is 791 g/mol. The molecular weight excluding hydrogens is 755 g/mol. The first-order chi connectivity index (χ1) is 30.3. The molecule has 0 saturated heterocycles. The van der Waals surface area contributed by atoms with Gasteiger partial charge in [0, 0.05) is 26.7 Å². The highest BCUT2D eigenvalue weighted by molar-refractivity contribution is 7.26. The van der Waals surface area contributed by atoms with Gasteiger partial charge in [-0.05, 0) is 102 Å². The Labute approximate surface area is 359 Å². The number of nitrogens with zero attached hydrogens (tertiary/aromatic N) is 1. The van der Waals surface area contributed by atoms with Crippen LogP contribution < -0.4 is 4.90 Å². The van der Waals surface area contributed by atoms with Gasteiger partial charge in [0.25, 0.3) is 0 Å². The third-order valence-electron chi connectivity index (χ3n) is 13.3. The number of thiophene rings is 1. The molecule has 284 valence electrons. The lowest BCUT2D eigenvalue weighted by molar-refractivity contribution is 0.794. The predicted octanol–water partition coefficient (Wildman–Crippen LogP) is 16.4. The normalized spacial score (nSPS) is 13.0. The molecule has 0 unspecified atom stereocenters. The minimum Gasteiger partial charge on any atom is -0.308 e. The number of hydrogen-bond acceptors (Lipinski definition) is 2. The third kappa shape index (κ3) is 4.88. The van der Waals surface area contributed by atoms with Crippen LogP contribution in [0.5, 0.6) is 0 Å². The molecule has 2 aliphatic rings. The van der Waals surface area contributed by atoms with Crippen LogP contribution in [0.15, 0.2) is 224 Å². The van der Waals surface area contributed by atoms with E-state index in [0.717, 1.165) is 5.69 Å². The van der Waals surface area contributed by atoms with Crippen molar-refractivity contribution in [1.82, 2.24) is 0 Å². The Bertz CT molecular complexity index is 3490. The molecule has 1 spiro atoms. The van der Waals surface area contributed by atoms with Gasteiger partial charge < -0.3 is 4.90 Å². The SMILES string of the molecule is c1ccc2c(c1)-c1ccccc1C21c2ccccc2-c2c(N(c3ccc(-c4ccc(-c5cccc6ccccc56)cc4)cc3)c3cccc4c3sc3ccccc34)cccc21. The third-order valence-corrected chi connectivity index (χ3v) is 14.5. The highest BCUT2D eigenvalue weighted by atomic mass is 32.1. The van der Waals surface area contributed by atoms with Crippen molar-refractivity contribution in [2.45, 2.75) is 5.41 Å². The summed E-state index contributed by atoms with van der Waals surface area (Å²) < 4.78 is 2.58. The van der Waals surface area contributed by atoms with E-state index >= 15 is 0 Å². The Morgan fingerprint density at radius 3 is 1.57 bits per heavy atom. The summed E-state index contributed by atoms with van der Waals surface area (Å²) in [5.74, 6) is 0. The summed E-state index contributed by atoms with van der Waals surface area (Å²) in [7, 11) is 0. The summed E-state index contributed by atoms with van der Waals surface area (Å²) >= 11 is 1.88. The molecule has 1 heterocycles. The topological polar surface area (TPSA) is 3.24 Å². The van der Waals surface area contributed by atoms with Crippen molar-refractivity contribution in [3.8, 4) is 44.5 Å². The summed E-state index contributed by atoms with van der Waals surface area (Å²) in [6.07, 6.45) is 0. The van der Waals surface area contributed by atoms with Crippen LogP contribution in [0.25, 0.3) is 75.5 Å². The molecule has 10 aromatic carbocycles. The Kier molecular flexibility index (Phi) is 7.46. The van der Waals surface area contributed by atoms with Gasteiger partial charge in [-0.1, -0.05) is 194 Å². The summed E-state index contributed by atoms with van der Waals surface area (Å²) in [5.41, 5.74) is 18.5. The highest BCUT2D eigenvalue weighted by Gasteiger charge is 2.52.